The Morgan fingerprint density at radius 2 is 0.732 bits per heavy atom. The summed E-state index contributed by atoms with van der Waals surface area (Å²) in [6.07, 6.45) is 10.4. The highest BCUT2D eigenvalue weighted by Gasteiger charge is 2.36. The number of carbonyl (C=O) groups is 6. The van der Waals surface area contributed by atoms with E-state index in [2.05, 4.69) is 24.3 Å². The van der Waals surface area contributed by atoms with Gasteiger partial charge in [-0.15, -0.1) is 22.7 Å². The molecule has 8 aromatic carbocycles. The van der Waals surface area contributed by atoms with Gasteiger partial charge < -0.3 is 9.47 Å². The molecule has 82 heavy (non-hydrogen) atoms. The molecule has 0 saturated heterocycles. The normalized spacial score (nSPS) is 16.0. The van der Waals surface area contributed by atoms with Gasteiger partial charge in [-0.2, -0.15) is 0 Å². The monoisotopic (exact) mass is 1100 g/mol. The lowest BCUT2D eigenvalue weighted by atomic mass is 9.84. The molecule has 390 valence electrons. The molecule has 4 aliphatic rings. The Labute approximate surface area is 473 Å². The number of thiophene rings is 2. The standard InChI is InChI=1S/C70H40N2O8S2/c73-63-51-23-43-19-39-15-7-8-16-40(39)20-44(43)24-52(51)64(74)57(63)31-49-33-61-67(81-49)55-27-48-30-60-56(28-47(48)29-59(55)71(61)69(77)79-35-37-11-3-1-4-12-37)68-62(72(60)70(78)80-36-38-13-5-2-6-14-38)34-50(82-68)32-58-65(75)53-25-45-21-41-17-9-10-18-42(41)22-46(45)26-54(53)66(58)76/h1-34,47-48H,35-36H2. The third-order valence-corrected chi connectivity index (χ3v) is 18.5. The summed E-state index contributed by atoms with van der Waals surface area (Å²) in [5.74, 6) is -2.01. The predicted molar refractivity (Wildman–Crippen MR) is 323 cm³/mol. The van der Waals surface area contributed by atoms with Crippen LogP contribution in [0.4, 0.5) is 9.59 Å². The summed E-state index contributed by atoms with van der Waals surface area (Å²) in [6.45, 7) is 0.0545. The van der Waals surface area contributed by atoms with Crippen molar-refractivity contribution in [2.24, 2.45) is 11.8 Å². The highest BCUT2D eigenvalue weighted by Crippen LogP contribution is 2.38. The topological polar surface area (TPSA) is 131 Å². The van der Waals surface area contributed by atoms with Gasteiger partial charge in [0.2, 0.25) is 0 Å². The minimum absolute atomic E-state index is 0.0273. The van der Waals surface area contributed by atoms with Gasteiger partial charge in [0, 0.05) is 54.3 Å². The second-order valence-electron chi connectivity index (χ2n) is 21.2. The van der Waals surface area contributed by atoms with Gasteiger partial charge in [-0.05, 0) is 127 Å². The summed E-state index contributed by atoms with van der Waals surface area (Å²) < 4.78 is 16.7. The van der Waals surface area contributed by atoms with Gasteiger partial charge in [0.05, 0.1) is 42.3 Å². The molecule has 0 aliphatic heterocycles. The molecule has 4 aliphatic carbocycles. The van der Waals surface area contributed by atoms with Crippen LogP contribution < -0.4 is 21.1 Å². The van der Waals surface area contributed by atoms with Crippen molar-refractivity contribution < 1.29 is 38.2 Å². The number of ether oxygens (including phenoxy) is 2. The molecular formula is C70H40N2O8S2. The molecule has 0 spiro atoms. The quantitative estimate of drug-likeness (QED) is 0.0914. The van der Waals surface area contributed by atoms with Crippen LogP contribution in [0.25, 0.3) is 100.0 Å². The summed E-state index contributed by atoms with van der Waals surface area (Å²) in [6, 6.07) is 53.9. The number of hydrogen-bond donors (Lipinski definition) is 0. The number of allylic oxidation sites excluding steroid dienone is 2. The number of Topliss-reactive ketones (excluding diaryl/α,β-unsaturated/α-hetero) is 4. The Morgan fingerprint density at radius 3 is 1.07 bits per heavy atom. The molecule has 0 amide bonds. The van der Waals surface area contributed by atoms with Crippen LogP contribution in [-0.2, 0) is 22.7 Å². The SMILES string of the molecule is O=C1C(=Cc2cc3c(s2)c2c(n3C(=O)OCc3ccccc3)=CC3C=c4c(n(C(=O)OCc5ccccc5)c5cc(C=C6C(=O)c7cc8cc9ccccc9cc8cc7C6=O)sc45)=CC3C=2)C(=O)c2cc3cc4ccccc4cc3cc21. The first-order valence-corrected chi connectivity index (χ1v) is 28.4. The lowest BCUT2D eigenvalue weighted by Gasteiger charge is -2.21. The Kier molecular flexibility index (Phi) is 10.6. The van der Waals surface area contributed by atoms with E-state index in [9.17, 15) is 28.8 Å². The van der Waals surface area contributed by atoms with Crippen molar-refractivity contribution in [1.29, 1.82) is 0 Å². The van der Waals surface area contributed by atoms with Crippen LogP contribution >= 0.6 is 22.7 Å². The molecule has 4 aromatic heterocycles. The van der Waals surface area contributed by atoms with Crippen LogP contribution in [0.3, 0.4) is 0 Å². The number of ketones is 4. The zero-order valence-corrected chi connectivity index (χ0v) is 44.8. The van der Waals surface area contributed by atoms with Gasteiger partial charge in [-0.3, -0.25) is 19.2 Å². The van der Waals surface area contributed by atoms with Crippen LogP contribution in [0.2, 0.25) is 0 Å². The first-order chi connectivity index (χ1) is 40.1. The van der Waals surface area contributed by atoms with Gasteiger partial charge in [0.25, 0.3) is 0 Å². The van der Waals surface area contributed by atoms with Crippen molar-refractivity contribution in [1.82, 2.24) is 9.13 Å². The van der Waals surface area contributed by atoms with Crippen molar-refractivity contribution in [3.63, 3.8) is 0 Å². The summed E-state index contributed by atoms with van der Waals surface area (Å²) in [5, 5.41) is 10.4. The number of benzene rings is 8. The molecule has 2 unspecified atom stereocenters. The number of rotatable bonds is 6. The minimum Gasteiger partial charge on any atom is -0.444 e. The smallest absolute Gasteiger partial charge is 0.419 e. The van der Waals surface area contributed by atoms with Crippen molar-refractivity contribution in [2.75, 3.05) is 0 Å². The number of nitrogens with zero attached hydrogens (tertiary/aromatic N) is 2. The van der Waals surface area contributed by atoms with Crippen molar-refractivity contribution >= 4 is 158 Å². The minimum atomic E-state index is -0.597. The molecule has 0 bridgehead atoms. The van der Waals surface area contributed by atoms with E-state index in [0.29, 0.717) is 53.7 Å². The third-order valence-electron chi connectivity index (χ3n) is 16.3. The number of hydrogen-bond acceptors (Lipinski definition) is 10. The zero-order chi connectivity index (χ0) is 55.1. The van der Waals surface area contributed by atoms with Crippen LogP contribution in [0.1, 0.15) is 62.3 Å². The largest absolute Gasteiger partial charge is 0.444 e. The second kappa shape index (κ2) is 18.2. The maximum atomic E-state index is 14.6. The zero-order valence-electron chi connectivity index (χ0n) is 43.2. The molecule has 4 heterocycles. The van der Waals surface area contributed by atoms with Crippen molar-refractivity contribution in [3.05, 3.63) is 245 Å². The lowest BCUT2D eigenvalue weighted by molar-refractivity contribution is 0.0975. The van der Waals surface area contributed by atoms with Gasteiger partial charge in [-0.25, -0.2) is 18.7 Å². The summed E-state index contributed by atoms with van der Waals surface area (Å²) in [4.78, 5) is 87.1. The molecule has 12 heteroatoms. The van der Waals surface area contributed by atoms with Crippen LogP contribution in [0, 0.1) is 11.8 Å². The molecule has 12 aromatic rings. The van der Waals surface area contributed by atoms with E-state index in [-0.39, 0.29) is 59.3 Å². The summed E-state index contributed by atoms with van der Waals surface area (Å²) >= 11 is 2.75. The Hall–Kier alpha value is -10.1. The van der Waals surface area contributed by atoms with Crippen LogP contribution in [0.5, 0.6) is 0 Å². The number of carbonyl (C=O) groups excluding carboxylic acids is 6. The summed E-state index contributed by atoms with van der Waals surface area (Å²) in [5.41, 5.74) is 4.30. The average Bonchev–Trinajstić information content (AvgIpc) is 4.53. The first kappa shape index (κ1) is 47.8. The summed E-state index contributed by atoms with van der Waals surface area (Å²) in [7, 11) is 0. The van der Waals surface area contributed by atoms with Gasteiger partial charge in [0.1, 0.15) is 13.2 Å². The molecule has 0 radical (unpaired) electrons. The van der Waals surface area contributed by atoms with Crippen molar-refractivity contribution in [2.45, 2.75) is 13.2 Å². The number of fused-ring (bicyclic) bond motifs is 13. The van der Waals surface area contributed by atoms with E-state index in [0.717, 1.165) is 74.1 Å². The van der Waals surface area contributed by atoms with E-state index >= 15 is 0 Å². The predicted octanol–water partition coefficient (Wildman–Crippen LogP) is 12.7. The lowest BCUT2D eigenvalue weighted by Crippen LogP contribution is -2.42. The number of aromatic nitrogens is 2. The molecular weight excluding hydrogens is 1060 g/mol. The highest BCUT2D eigenvalue weighted by atomic mass is 32.1. The highest BCUT2D eigenvalue weighted by molar-refractivity contribution is 7.20. The molecule has 0 N–H and O–H groups in total. The Bertz CT molecular complexity index is 4820. The molecule has 16 rings (SSSR count). The van der Waals surface area contributed by atoms with E-state index in [1.807, 2.05) is 170 Å². The Morgan fingerprint density at radius 1 is 0.402 bits per heavy atom. The van der Waals surface area contributed by atoms with E-state index in [1.54, 1.807) is 21.3 Å². The molecule has 0 fully saturated rings. The third kappa shape index (κ3) is 7.52. The molecule has 2 atom stereocenters. The fourth-order valence-corrected chi connectivity index (χ4v) is 14.6. The van der Waals surface area contributed by atoms with Gasteiger partial charge >= 0.3 is 12.2 Å². The maximum absolute atomic E-state index is 14.6. The van der Waals surface area contributed by atoms with Crippen LogP contribution in [0.15, 0.2) is 181 Å². The molecule has 10 nitrogen and oxygen atoms in total. The van der Waals surface area contributed by atoms with E-state index < -0.39 is 12.2 Å². The Balaban J connectivity index is 0.810. The van der Waals surface area contributed by atoms with E-state index in [1.165, 1.54) is 22.7 Å². The fourth-order valence-electron chi connectivity index (χ4n) is 12.4. The second-order valence-corrected chi connectivity index (χ2v) is 23.4. The first-order valence-electron chi connectivity index (χ1n) is 26.8. The van der Waals surface area contributed by atoms with Gasteiger partial charge in [-0.1, -0.05) is 133 Å². The average molecular weight is 1100 g/mol. The fraction of sp³-hybridized carbons (Fsp3) is 0.0571. The van der Waals surface area contributed by atoms with E-state index in [4.69, 9.17) is 9.47 Å². The maximum Gasteiger partial charge on any atom is 0.419 e. The molecule has 0 saturated carbocycles. The van der Waals surface area contributed by atoms with Crippen molar-refractivity contribution in [3.8, 4) is 0 Å². The van der Waals surface area contributed by atoms with Gasteiger partial charge in [0.15, 0.2) is 23.1 Å². The van der Waals surface area contributed by atoms with Crippen LogP contribution in [-0.4, -0.2) is 44.5 Å².